The standard InChI is InChI=1S/C24H44O5SSi/c1-19(2)31(20(3)4,21(5)6)29-16-15-24(27-8,28-9)17-22(7)18-30(25,26)23-13-11-10-12-14-23/h10-14,19-22H,15-18H2,1-9H3/t22-/m0/s1. The lowest BCUT2D eigenvalue weighted by Gasteiger charge is -2.43. The van der Waals surface area contributed by atoms with Crippen molar-refractivity contribution >= 4 is 18.2 Å². The minimum absolute atomic E-state index is 0.0506. The molecule has 7 heteroatoms. The zero-order valence-electron chi connectivity index (χ0n) is 21.0. The van der Waals surface area contributed by atoms with Gasteiger partial charge in [0.2, 0.25) is 0 Å². The molecule has 0 unspecified atom stereocenters. The van der Waals surface area contributed by atoms with Crippen LogP contribution in [0.2, 0.25) is 16.6 Å². The van der Waals surface area contributed by atoms with Gasteiger partial charge in [-0.2, -0.15) is 0 Å². The van der Waals surface area contributed by atoms with Gasteiger partial charge in [0.25, 0.3) is 0 Å². The summed E-state index contributed by atoms with van der Waals surface area (Å²) in [6, 6.07) is 8.60. The van der Waals surface area contributed by atoms with Gasteiger partial charge >= 0.3 is 0 Å². The number of hydrogen-bond donors (Lipinski definition) is 0. The first-order valence-electron chi connectivity index (χ1n) is 11.4. The largest absolute Gasteiger partial charge is 0.416 e. The van der Waals surface area contributed by atoms with Crippen molar-refractivity contribution in [1.29, 1.82) is 0 Å². The molecule has 0 amide bonds. The summed E-state index contributed by atoms with van der Waals surface area (Å²) in [6.07, 6.45) is 1.05. The first-order chi connectivity index (χ1) is 14.4. The molecule has 0 N–H and O–H groups in total. The molecule has 0 aromatic heterocycles. The molecule has 180 valence electrons. The molecule has 1 atom stereocenters. The molecule has 0 saturated heterocycles. The van der Waals surface area contributed by atoms with Crippen molar-refractivity contribution in [2.75, 3.05) is 26.6 Å². The predicted molar refractivity (Wildman–Crippen MR) is 131 cm³/mol. The van der Waals surface area contributed by atoms with Gasteiger partial charge in [0.05, 0.1) is 10.6 Å². The van der Waals surface area contributed by atoms with Gasteiger partial charge in [0.15, 0.2) is 23.9 Å². The fourth-order valence-electron chi connectivity index (χ4n) is 5.13. The zero-order chi connectivity index (χ0) is 23.9. The van der Waals surface area contributed by atoms with Crippen molar-refractivity contribution in [3.63, 3.8) is 0 Å². The highest BCUT2D eigenvalue weighted by molar-refractivity contribution is 7.91. The van der Waals surface area contributed by atoms with E-state index in [1.54, 1.807) is 38.5 Å². The number of sulfone groups is 1. The molecule has 1 aromatic carbocycles. The number of benzene rings is 1. The number of ether oxygens (including phenoxy) is 2. The molecule has 5 nitrogen and oxygen atoms in total. The quantitative estimate of drug-likeness (QED) is 0.243. The Balaban J connectivity index is 2.89. The molecule has 0 fully saturated rings. The molecule has 0 spiro atoms. The fourth-order valence-corrected chi connectivity index (χ4v) is 12.2. The maximum atomic E-state index is 12.8. The average Bonchev–Trinajstić information content (AvgIpc) is 2.69. The lowest BCUT2D eigenvalue weighted by molar-refractivity contribution is -0.222. The van der Waals surface area contributed by atoms with E-state index >= 15 is 0 Å². The molecule has 1 rings (SSSR count). The Bertz CT molecular complexity index is 721. The van der Waals surface area contributed by atoms with Crippen LogP contribution in [0.5, 0.6) is 0 Å². The third-order valence-corrected chi connectivity index (χ3v) is 14.7. The van der Waals surface area contributed by atoms with Crippen LogP contribution in [0.3, 0.4) is 0 Å². The Hall–Kier alpha value is -0.733. The van der Waals surface area contributed by atoms with Crippen LogP contribution in [-0.4, -0.2) is 49.1 Å². The molecular weight excluding hydrogens is 428 g/mol. The van der Waals surface area contributed by atoms with Crippen molar-refractivity contribution in [3.8, 4) is 0 Å². The topological polar surface area (TPSA) is 61.8 Å². The molecule has 0 aliphatic heterocycles. The summed E-state index contributed by atoms with van der Waals surface area (Å²) in [6.45, 7) is 16.1. The monoisotopic (exact) mass is 472 g/mol. The van der Waals surface area contributed by atoms with E-state index in [2.05, 4.69) is 41.5 Å². The smallest absolute Gasteiger partial charge is 0.200 e. The predicted octanol–water partition coefficient (Wildman–Crippen LogP) is 6.06. The van der Waals surface area contributed by atoms with Gasteiger partial charge in [0, 0.05) is 33.7 Å². The molecular formula is C24H44O5SSi. The van der Waals surface area contributed by atoms with Crippen LogP contribution in [0, 0.1) is 5.92 Å². The lowest BCUT2D eigenvalue weighted by atomic mass is 10.00. The molecule has 0 aliphatic carbocycles. The summed E-state index contributed by atoms with van der Waals surface area (Å²) >= 11 is 0. The highest BCUT2D eigenvalue weighted by atomic mass is 32.2. The van der Waals surface area contributed by atoms with Gasteiger partial charge < -0.3 is 13.9 Å². The summed E-state index contributed by atoms with van der Waals surface area (Å²) in [5.74, 6) is -0.946. The number of hydrogen-bond acceptors (Lipinski definition) is 5. The van der Waals surface area contributed by atoms with Gasteiger partial charge in [-0.05, 0) is 34.7 Å². The third kappa shape index (κ3) is 7.12. The summed E-state index contributed by atoms with van der Waals surface area (Å²) in [5, 5.41) is 0. The van der Waals surface area contributed by atoms with E-state index in [1.165, 1.54) is 0 Å². The van der Waals surface area contributed by atoms with Crippen LogP contribution >= 0.6 is 0 Å². The number of rotatable bonds is 14. The van der Waals surface area contributed by atoms with E-state index in [0.29, 0.717) is 41.0 Å². The second-order valence-electron chi connectivity index (χ2n) is 9.64. The molecule has 0 bridgehead atoms. The van der Waals surface area contributed by atoms with Crippen LogP contribution in [0.15, 0.2) is 35.2 Å². The van der Waals surface area contributed by atoms with Gasteiger partial charge in [-0.15, -0.1) is 0 Å². The number of methoxy groups -OCH3 is 2. The van der Waals surface area contributed by atoms with Crippen molar-refractivity contribution < 1.29 is 22.3 Å². The minimum atomic E-state index is -3.36. The summed E-state index contributed by atoms with van der Waals surface area (Å²) in [5.41, 5.74) is 1.51. The van der Waals surface area contributed by atoms with Crippen LogP contribution in [-0.2, 0) is 23.7 Å². The summed E-state index contributed by atoms with van der Waals surface area (Å²) in [7, 11) is -2.09. The summed E-state index contributed by atoms with van der Waals surface area (Å²) < 4.78 is 43.8. The first kappa shape index (κ1) is 28.3. The van der Waals surface area contributed by atoms with E-state index in [1.807, 2.05) is 13.0 Å². The minimum Gasteiger partial charge on any atom is -0.416 e. The molecule has 0 aliphatic rings. The van der Waals surface area contributed by atoms with Gasteiger partial charge in [0.1, 0.15) is 0 Å². The van der Waals surface area contributed by atoms with Crippen molar-refractivity contribution in [2.45, 2.75) is 88.6 Å². The Morgan fingerprint density at radius 1 is 0.871 bits per heavy atom. The maximum Gasteiger partial charge on any atom is 0.200 e. The molecule has 31 heavy (non-hydrogen) atoms. The van der Waals surface area contributed by atoms with Gasteiger partial charge in [-0.1, -0.05) is 66.7 Å². The Kier molecular flexibility index (Phi) is 10.9. The highest BCUT2D eigenvalue weighted by Gasteiger charge is 2.45. The molecule has 1 aromatic rings. The van der Waals surface area contributed by atoms with Crippen molar-refractivity contribution in [2.24, 2.45) is 5.92 Å². The van der Waals surface area contributed by atoms with Gasteiger partial charge in [-0.3, -0.25) is 0 Å². The Labute approximate surface area is 191 Å². The average molecular weight is 473 g/mol. The van der Waals surface area contributed by atoms with Crippen LogP contribution in [0.25, 0.3) is 0 Å². The highest BCUT2D eigenvalue weighted by Crippen LogP contribution is 2.42. The summed E-state index contributed by atoms with van der Waals surface area (Å²) in [4.78, 5) is 0.354. The van der Waals surface area contributed by atoms with E-state index in [-0.39, 0.29) is 11.7 Å². The molecule has 0 heterocycles. The maximum absolute atomic E-state index is 12.8. The Morgan fingerprint density at radius 2 is 1.35 bits per heavy atom. The van der Waals surface area contributed by atoms with Crippen molar-refractivity contribution in [3.05, 3.63) is 30.3 Å². The van der Waals surface area contributed by atoms with Crippen LogP contribution < -0.4 is 0 Å². The van der Waals surface area contributed by atoms with Crippen LogP contribution in [0.1, 0.15) is 61.3 Å². The van der Waals surface area contributed by atoms with E-state index in [0.717, 1.165) is 0 Å². The zero-order valence-corrected chi connectivity index (χ0v) is 22.8. The molecule has 0 radical (unpaired) electrons. The fraction of sp³-hybridized carbons (Fsp3) is 0.750. The SMILES string of the molecule is COC(CCO[Si](C(C)C)(C(C)C)C(C)C)(C[C@H](C)CS(=O)(=O)c1ccccc1)OC. The van der Waals surface area contributed by atoms with E-state index < -0.39 is 23.9 Å². The third-order valence-electron chi connectivity index (χ3n) is 6.55. The normalized spacial score (nSPS) is 14.6. The van der Waals surface area contributed by atoms with Crippen LogP contribution in [0.4, 0.5) is 0 Å². The first-order valence-corrected chi connectivity index (χ1v) is 15.2. The van der Waals surface area contributed by atoms with E-state index in [4.69, 9.17) is 13.9 Å². The Morgan fingerprint density at radius 3 is 1.77 bits per heavy atom. The second kappa shape index (κ2) is 11.9. The lowest BCUT2D eigenvalue weighted by Crippen LogP contribution is -2.49. The van der Waals surface area contributed by atoms with E-state index in [9.17, 15) is 8.42 Å². The van der Waals surface area contributed by atoms with Gasteiger partial charge in [-0.25, -0.2) is 8.42 Å². The van der Waals surface area contributed by atoms with Crippen molar-refractivity contribution in [1.82, 2.24) is 0 Å². The second-order valence-corrected chi connectivity index (χ2v) is 17.1. The molecule has 0 saturated carbocycles.